The summed E-state index contributed by atoms with van der Waals surface area (Å²) < 4.78 is 16.9. The summed E-state index contributed by atoms with van der Waals surface area (Å²) in [6, 6.07) is 0. The highest BCUT2D eigenvalue weighted by Gasteiger charge is 2.19. The molecule has 398 valence electrons. The third-order valence-corrected chi connectivity index (χ3v) is 14.3. The molecule has 6 heteroatoms. The topological polar surface area (TPSA) is 78.9 Å². The van der Waals surface area contributed by atoms with Crippen LogP contribution in [0.4, 0.5) is 0 Å². The first-order valence-corrected chi connectivity index (χ1v) is 30.1. The molecule has 0 aliphatic rings. The van der Waals surface area contributed by atoms with Gasteiger partial charge in [0.25, 0.3) is 0 Å². The van der Waals surface area contributed by atoms with Gasteiger partial charge < -0.3 is 14.2 Å². The maximum atomic E-state index is 12.9. The molecule has 0 aliphatic heterocycles. The minimum atomic E-state index is -0.764. The van der Waals surface area contributed by atoms with Gasteiger partial charge in [0.1, 0.15) is 13.2 Å². The number of rotatable bonds is 54. The van der Waals surface area contributed by atoms with E-state index in [1.165, 1.54) is 218 Å². The number of carbonyl (C=O) groups excluding carboxylic acids is 3. The van der Waals surface area contributed by atoms with E-state index in [2.05, 4.69) is 41.5 Å². The van der Waals surface area contributed by atoms with Crippen LogP contribution in [0.15, 0.2) is 0 Å². The van der Waals surface area contributed by atoms with Gasteiger partial charge in [0.2, 0.25) is 0 Å². The number of carbonyl (C=O) groups is 3. The van der Waals surface area contributed by atoms with Crippen LogP contribution >= 0.6 is 0 Å². The fourth-order valence-electron chi connectivity index (χ4n) is 9.32. The van der Waals surface area contributed by atoms with Crippen LogP contribution < -0.4 is 0 Å². The van der Waals surface area contributed by atoms with E-state index >= 15 is 0 Å². The van der Waals surface area contributed by atoms with E-state index in [0.29, 0.717) is 19.3 Å². The van der Waals surface area contributed by atoms with Gasteiger partial charge in [-0.2, -0.15) is 0 Å². The van der Waals surface area contributed by atoms with Gasteiger partial charge >= 0.3 is 17.9 Å². The van der Waals surface area contributed by atoms with Gasteiger partial charge in [-0.3, -0.25) is 14.4 Å². The van der Waals surface area contributed by atoms with E-state index in [0.717, 1.165) is 75.5 Å². The Hall–Kier alpha value is -1.59. The zero-order valence-electron chi connectivity index (χ0n) is 46.2. The highest BCUT2D eigenvalue weighted by molar-refractivity contribution is 5.71. The molecular weight excluding hydrogens is 829 g/mol. The Bertz CT molecular complexity index is 1040. The van der Waals surface area contributed by atoms with Crippen LogP contribution in [-0.4, -0.2) is 37.2 Å². The molecule has 0 aliphatic carbocycles. The monoisotopic (exact) mass is 947 g/mol. The quantitative estimate of drug-likeness (QED) is 0.0343. The Morgan fingerprint density at radius 1 is 0.299 bits per heavy atom. The summed E-state index contributed by atoms with van der Waals surface area (Å²) in [6.07, 6.45) is 55.2. The fraction of sp³-hybridized carbons (Fsp3) is 0.951. The molecule has 0 saturated heterocycles. The van der Waals surface area contributed by atoms with E-state index in [9.17, 15) is 14.4 Å². The van der Waals surface area contributed by atoms with E-state index in [4.69, 9.17) is 14.2 Å². The lowest BCUT2D eigenvalue weighted by molar-refractivity contribution is -0.167. The normalized spacial score (nSPS) is 12.5. The number of hydrogen-bond acceptors (Lipinski definition) is 6. The lowest BCUT2D eigenvalue weighted by Gasteiger charge is -2.18. The van der Waals surface area contributed by atoms with Gasteiger partial charge in [-0.15, -0.1) is 0 Å². The summed E-state index contributed by atoms with van der Waals surface area (Å²) >= 11 is 0. The van der Waals surface area contributed by atoms with Crippen LogP contribution in [0.5, 0.6) is 0 Å². The van der Waals surface area contributed by atoms with Crippen molar-refractivity contribution in [3.63, 3.8) is 0 Å². The van der Waals surface area contributed by atoms with Crippen molar-refractivity contribution in [3.05, 3.63) is 0 Å². The van der Waals surface area contributed by atoms with Crippen molar-refractivity contribution >= 4 is 17.9 Å². The molecule has 0 amide bonds. The maximum absolute atomic E-state index is 12.9. The smallest absolute Gasteiger partial charge is 0.306 e. The first kappa shape index (κ1) is 65.4. The Balaban J connectivity index is 4.30. The second-order valence-electron chi connectivity index (χ2n) is 22.2. The molecule has 0 fully saturated rings. The molecule has 0 aromatic carbocycles. The van der Waals surface area contributed by atoms with Gasteiger partial charge in [0, 0.05) is 19.3 Å². The number of esters is 3. The van der Waals surface area contributed by atoms with Gasteiger partial charge in [-0.25, -0.2) is 0 Å². The molecule has 0 aromatic heterocycles. The maximum Gasteiger partial charge on any atom is 0.306 e. The molecule has 2 atom stereocenters. The van der Waals surface area contributed by atoms with Crippen molar-refractivity contribution in [2.75, 3.05) is 13.2 Å². The van der Waals surface area contributed by atoms with Crippen LogP contribution in [0, 0.1) is 17.8 Å². The lowest BCUT2D eigenvalue weighted by atomic mass is 9.99. The predicted molar refractivity (Wildman–Crippen MR) is 289 cm³/mol. The average molecular weight is 948 g/mol. The molecule has 1 unspecified atom stereocenters. The summed E-state index contributed by atoms with van der Waals surface area (Å²) in [6.45, 7) is 13.8. The fourth-order valence-corrected chi connectivity index (χ4v) is 9.32. The second-order valence-corrected chi connectivity index (χ2v) is 22.2. The standard InChI is InChI=1S/C61H118O6/c1-7-57(6)49-43-37-31-25-19-12-8-9-13-20-26-32-38-44-50-59(62)65-53-58(67-61(64)52-46-40-34-28-22-16-15-18-24-30-36-42-48-56(4)5)54-66-60(63)51-45-39-33-27-21-14-10-11-17-23-29-35-41-47-55(2)3/h55-58H,7-54H2,1-6H3/t57?,58-/m0/s1. The minimum absolute atomic E-state index is 0.0632. The summed E-state index contributed by atoms with van der Waals surface area (Å²) in [5, 5.41) is 0. The summed E-state index contributed by atoms with van der Waals surface area (Å²) in [7, 11) is 0. The van der Waals surface area contributed by atoms with Crippen LogP contribution in [-0.2, 0) is 28.6 Å². The first-order chi connectivity index (χ1) is 32.6. The highest BCUT2D eigenvalue weighted by Crippen LogP contribution is 2.19. The largest absolute Gasteiger partial charge is 0.462 e. The van der Waals surface area contributed by atoms with Crippen molar-refractivity contribution in [3.8, 4) is 0 Å². The average Bonchev–Trinajstić information content (AvgIpc) is 3.30. The SMILES string of the molecule is CCC(C)CCCCCCCCCCCCCCCCC(=O)OC[C@@H](COC(=O)CCCCCCCCCCCCCCCC(C)C)OC(=O)CCCCCCCCCCCCCCC(C)C. The van der Waals surface area contributed by atoms with Crippen molar-refractivity contribution < 1.29 is 28.6 Å². The predicted octanol–water partition coefficient (Wildman–Crippen LogP) is 19.9. The molecule has 0 rings (SSSR count). The second kappa shape index (κ2) is 52.2. The van der Waals surface area contributed by atoms with E-state index < -0.39 is 6.10 Å². The minimum Gasteiger partial charge on any atom is -0.462 e. The molecule has 6 nitrogen and oxygen atoms in total. The molecular formula is C61H118O6. The first-order valence-electron chi connectivity index (χ1n) is 30.1. The molecule has 0 heterocycles. The molecule has 0 aromatic rings. The summed E-state index contributed by atoms with van der Waals surface area (Å²) in [5.74, 6) is 1.73. The van der Waals surface area contributed by atoms with Crippen LogP contribution in [0.2, 0.25) is 0 Å². The van der Waals surface area contributed by atoms with Crippen LogP contribution in [0.3, 0.4) is 0 Å². The Labute approximate surface area is 418 Å². The molecule has 0 N–H and O–H groups in total. The van der Waals surface area contributed by atoms with Crippen LogP contribution in [0.25, 0.3) is 0 Å². The Morgan fingerprint density at radius 2 is 0.522 bits per heavy atom. The Kier molecular flexibility index (Phi) is 51.0. The Morgan fingerprint density at radius 3 is 0.776 bits per heavy atom. The zero-order valence-corrected chi connectivity index (χ0v) is 46.2. The van der Waals surface area contributed by atoms with Crippen LogP contribution in [0.1, 0.15) is 337 Å². The van der Waals surface area contributed by atoms with Crippen molar-refractivity contribution in [1.82, 2.24) is 0 Å². The van der Waals surface area contributed by atoms with Gasteiger partial charge in [0.15, 0.2) is 6.10 Å². The molecule has 0 bridgehead atoms. The molecule has 0 saturated carbocycles. The van der Waals surface area contributed by atoms with E-state index in [1.54, 1.807) is 0 Å². The van der Waals surface area contributed by atoms with Crippen molar-refractivity contribution in [2.45, 2.75) is 343 Å². The lowest BCUT2D eigenvalue weighted by Crippen LogP contribution is -2.30. The molecule has 0 radical (unpaired) electrons. The molecule has 67 heavy (non-hydrogen) atoms. The van der Waals surface area contributed by atoms with Gasteiger partial charge in [0.05, 0.1) is 0 Å². The third-order valence-electron chi connectivity index (χ3n) is 14.3. The third kappa shape index (κ3) is 53.6. The van der Waals surface area contributed by atoms with E-state index in [-0.39, 0.29) is 31.1 Å². The van der Waals surface area contributed by atoms with Gasteiger partial charge in [-0.05, 0) is 37.0 Å². The van der Waals surface area contributed by atoms with Crippen molar-refractivity contribution in [1.29, 1.82) is 0 Å². The summed E-state index contributed by atoms with van der Waals surface area (Å²) in [5.41, 5.74) is 0. The van der Waals surface area contributed by atoms with Crippen molar-refractivity contribution in [2.24, 2.45) is 17.8 Å². The summed E-state index contributed by atoms with van der Waals surface area (Å²) in [4.78, 5) is 38.2. The molecule has 0 spiro atoms. The zero-order chi connectivity index (χ0) is 49.1. The number of unbranched alkanes of at least 4 members (excludes halogenated alkanes) is 36. The van der Waals surface area contributed by atoms with E-state index in [1.807, 2.05) is 0 Å². The number of ether oxygens (including phenoxy) is 3. The van der Waals surface area contributed by atoms with Gasteiger partial charge in [-0.1, -0.05) is 298 Å². The highest BCUT2D eigenvalue weighted by atomic mass is 16.6. The number of hydrogen-bond donors (Lipinski definition) is 0.